The van der Waals surface area contributed by atoms with Gasteiger partial charge in [0.05, 0.1) is 0 Å². The maximum absolute atomic E-state index is 12.8. The molecule has 31 heavy (non-hydrogen) atoms. The third-order valence-electron chi connectivity index (χ3n) is 5.40. The molecule has 2 aromatic heterocycles. The van der Waals surface area contributed by atoms with Gasteiger partial charge < -0.3 is 10.3 Å². The van der Waals surface area contributed by atoms with E-state index in [1.54, 1.807) is 11.3 Å². The second-order valence-electron chi connectivity index (χ2n) is 7.58. The molecule has 0 bridgehead atoms. The van der Waals surface area contributed by atoms with Crippen LogP contribution in [0.4, 0.5) is 4.79 Å². The van der Waals surface area contributed by atoms with Crippen molar-refractivity contribution in [2.24, 2.45) is 5.73 Å². The van der Waals surface area contributed by atoms with Gasteiger partial charge in [0.25, 0.3) is 0 Å². The Morgan fingerprint density at radius 1 is 1.13 bits per heavy atom. The van der Waals surface area contributed by atoms with Gasteiger partial charge >= 0.3 is 6.03 Å². The first-order chi connectivity index (χ1) is 15.1. The quantitative estimate of drug-likeness (QED) is 0.512. The summed E-state index contributed by atoms with van der Waals surface area (Å²) in [6, 6.07) is 13.0. The minimum atomic E-state index is -0.862. The molecule has 1 saturated carbocycles. The number of nitrogens with two attached hydrogens (primary N) is 1. The molecule has 7 nitrogen and oxygen atoms in total. The van der Waals surface area contributed by atoms with Gasteiger partial charge in [-0.3, -0.25) is 10.1 Å². The first-order valence-corrected chi connectivity index (χ1v) is 12.2. The van der Waals surface area contributed by atoms with Crippen LogP contribution in [-0.4, -0.2) is 26.7 Å². The van der Waals surface area contributed by atoms with Gasteiger partial charge in [0.1, 0.15) is 11.1 Å². The van der Waals surface area contributed by atoms with E-state index in [0.29, 0.717) is 17.6 Å². The minimum Gasteiger partial charge on any atom is -0.351 e. The number of carbonyl (C=O) groups is 2. The lowest BCUT2D eigenvalue weighted by Gasteiger charge is -2.26. The van der Waals surface area contributed by atoms with Crippen molar-refractivity contribution in [2.75, 3.05) is 0 Å². The fourth-order valence-electron chi connectivity index (χ4n) is 3.98. The molecule has 1 aliphatic rings. The van der Waals surface area contributed by atoms with Crippen molar-refractivity contribution in [3.8, 4) is 0 Å². The average Bonchev–Trinajstić information content (AvgIpc) is 3.43. The van der Waals surface area contributed by atoms with Gasteiger partial charge in [-0.2, -0.15) is 0 Å². The van der Waals surface area contributed by atoms with E-state index in [-0.39, 0.29) is 0 Å². The van der Waals surface area contributed by atoms with Crippen molar-refractivity contribution < 1.29 is 9.59 Å². The highest BCUT2D eigenvalue weighted by Gasteiger charge is 2.29. The number of amides is 3. The fraction of sp³-hybridized carbons (Fsp3) is 0.364. The molecule has 162 valence electrons. The lowest BCUT2D eigenvalue weighted by atomic mass is 9.95. The molecule has 1 aliphatic carbocycles. The Kier molecular flexibility index (Phi) is 7.03. The van der Waals surface area contributed by atoms with Gasteiger partial charge in [-0.15, -0.1) is 21.5 Å². The van der Waals surface area contributed by atoms with Crippen LogP contribution in [-0.2, 0) is 11.2 Å². The Morgan fingerprint density at radius 2 is 1.90 bits per heavy atom. The number of imide groups is 1. The summed E-state index contributed by atoms with van der Waals surface area (Å²) in [5, 5.41) is 13.3. The number of primary amides is 1. The molecule has 3 aromatic rings. The minimum absolute atomic E-state index is 0.317. The van der Waals surface area contributed by atoms with Gasteiger partial charge in [-0.1, -0.05) is 67.4 Å². The second kappa shape index (κ2) is 10.1. The van der Waals surface area contributed by atoms with Gasteiger partial charge in [0.15, 0.2) is 5.16 Å². The van der Waals surface area contributed by atoms with Gasteiger partial charge in [0.2, 0.25) is 5.91 Å². The number of nitrogens with zero attached hydrogens (tertiary/aromatic N) is 3. The number of hydrogen-bond donors (Lipinski definition) is 2. The van der Waals surface area contributed by atoms with E-state index in [0.717, 1.165) is 24.2 Å². The topological polar surface area (TPSA) is 103 Å². The average molecular weight is 456 g/mol. The Bertz CT molecular complexity index is 1010. The van der Waals surface area contributed by atoms with Crippen molar-refractivity contribution in [2.45, 2.75) is 55.0 Å². The molecule has 4 rings (SSSR count). The van der Waals surface area contributed by atoms with Crippen LogP contribution in [0, 0.1) is 0 Å². The van der Waals surface area contributed by atoms with Crippen molar-refractivity contribution in [3.05, 3.63) is 64.1 Å². The van der Waals surface area contributed by atoms with Crippen LogP contribution in [0.15, 0.2) is 53.0 Å². The van der Waals surface area contributed by atoms with Crippen molar-refractivity contribution in [1.82, 2.24) is 20.1 Å². The van der Waals surface area contributed by atoms with Crippen molar-refractivity contribution >= 4 is 35.0 Å². The molecule has 1 atom stereocenters. The Hall–Kier alpha value is -2.65. The lowest BCUT2D eigenvalue weighted by molar-refractivity contribution is -0.119. The summed E-state index contributed by atoms with van der Waals surface area (Å²) in [5.74, 6) is 0.459. The standard InChI is InChI=1S/C22H25N5O2S2/c23-21(29)24-20(28)19(15-8-3-1-4-9-15)31-22-26-25-18(14-17-12-7-13-30-17)27(22)16-10-5-2-6-11-16/h1,3-4,7-9,12-13,16,19H,2,5-6,10-11,14H2,(H3,23,24,28,29)/t19-/m1/s1. The molecule has 0 saturated heterocycles. The third kappa shape index (κ3) is 5.34. The van der Waals surface area contributed by atoms with Crippen molar-refractivity contribution in [1.29, 1.82) is 0 Å². The Balaban J connectivity index is 1.68. The molecule has 2 heterocycles. The number of rotatable bonds is 7. The molecule has 3 N–H and O–H groups in total. The summed E-state index contributed by atoms with van der Waals surface area (Å²) in [5.41, 5.74) is 6.00. The molecule has 0 spiro atoms. The zero-order valence-electron chi connectivity index (χ0n) is 17.1. The van der Waals surface area contributed by atoms with Crippen LogP contribution >= 0.6 is 23.1 Å². The predicted octanol–water partition coefficient (Wildman–Crippen LogP) is 4.46. The SMILES string of the molecule is NC(=O)NC(=O)[C@H](Sc1nnc(Cc2cccs2)n1C1CCCCC1)c1ccccc1. The molecule has 3 amide bonds. The number of thiophene rings is 1. The summed E-state index contributed by atoms with van der Waals surface area (Å²) < 4.78 is 2.22. The number of urea groups is 1. The monoisotopic (exact) mass is 455 g/mol. The molecular formula is C22H25N5O2S2. The van der Waals surface area contributed by atoms with E-state index >= 15 is 0 Å². The number of benzene rings is 1. The summed E-state index contributed by atoms with van der Waals surface area (Å²) in [7, 11) is 0. The largest absolute Gasteiger partial charge is 0.351 e. The molecule has 1 aromatic carbocycles. The van der Waals surface area contributed by atoms with Crippen LogP contribution in [0.25, 0.3) is 0 Å². The van der Waals surface area contributed by atoms with Crippen LogP contribution < -0.4 is 11.1 Å². The number of carbonyl (C=O) groups excluding carboxylic acids is 2. The van der Waals surface area contributed by atoms with Crippen LogP contribution in [0.2, 0.25) is 0 Å². The molecule has 9 heteroatoms. The first kappa shape index (κ1) is 21.6. The van der Waals surface area contributed by atoms with Gasteiger partial charge in [0, 0.05) is 17.3 Å². The summed E-state index contributed by atoms with van der Waals surface area (Å²) in [6.45, 7) is 0. The maximum Gasteiger partial charge on any atom is 0.318 e. The molecule has 0 aliphatic heterocycles. The Morgan fingerprint density at radius 3 is 2.58 bits per heavy atom. The van der Waals surface area contributed by atoms with Gasteiger partial charge in [-0.05, 0) is 29.9 Å². The van der Waals surface area contributed by atoms with E-state index in [1.807, 2.05) is 36.4 Å². The zero-order valence-corrected chi connectivity index (χ0v) is 18.7. The highest BCUT2D eigenvalue weighted by molar-refractivity contribution is 8.00. The lowest BCUT2D eigenvalue weighted by Crippen LogP contribution is -2.37. The van der Waals surface area contributed by atoms with Crippen molar-refractivity contribution in [3.63, 3.8) is 0 Å². The zero-order chi connectivity index (χ0) is 21.6. The number of aromatic nitrogens is 3. The fourth-order valence-corrected chi connectivity index (χ4v) is 5.80. The molecular weight excluding hydrogens is 430 g/mol. The van der Waals surface area contributed by atoms with Gasteiger partial charge in [-0.25, -0.2) is 4.79 Å². The maximum atomic E-state index is 12.8. The number of thioether (sulfide) groups is 1. The highest BCUT2D eigenvalue weighted by atomic mass is 32.2. The van der Waals surface area contributed by atoms with E-state index in [9.17, 15) is 9.59 Å². The highest BCUT2D eigenvalue weighted by Crippen LogP contribution is 2.39. The van der Waals surface area contributed by atoms with Crippen LogP contribution in [0.3, 0.4) is 0 Å². The summed E-state index contributed by atoms with van der Waals surface area (Å²) in [4.78, 5) is 25.4. The van der Waals surface area contributed by atoms with Crippen LogP contribution in [0.1, 0.15) is 59.7 Å². The third-order valence-corrected chi connectivity index (χ3v) is 7.49. The summed E-state index contributed by atoms with van der Waals surface area (Å²) >= 11 is 3.02. The Labute approximate surface area is 189 Å². The predicted molar refractivity (Wildman–Crippen MR) is 122 cm³/mol. The normalized spacial score (nSPS) is 15.5. The van der Waals surface area contributed by atoms with E-state index in [2.05, 4.69) is 31.5 Å². The van der Waals surface area contributed by atoms with E-state index in [1.165, 1.54) is 35.9 Å². The number of hydrogen-bond acceptors (Lipinski definition) is 6. The molecule has 0 unspecified atom stereocenters. The number of nitrogens with one attached hydrogen (secondary N) is 1. The van der Waals surface area contributed by atoms with Crippen LogP contribution in [0.5, 0.6) is 0 Å². The van der Waals surface area contributed by atoms with E-state index in [4.69, 9.17) is 5.73 Å². The second-order valence-corrected chi connectivity index (χ2v) is 9.68. The summed E-state index contributed by atoms with van der Waals surface area (Å²) in [6.07, 6.45) is 6.46. The molecule has 0 radical (unpaired) electrons. The van der Waals surface area contributed by atoms with E-state index < -0.39 is 17.2 Å². The molecule has 1 fully saturated rings. The smallest absolute Gasteiger partial charge is 0.318 e. The first-order valence-electron chi connectivity index (χ1n) is 10.4.